The van der Waals surface area contributed by atoms with Gasteiger partial charge in [0.2, 0.25) is 0 Å². The maximum atomic E-state index is 12.0. The van der Waals surface area contributed by atoms with Crippen molar-refractivity contribution >= 4 is 11.9 Å². The SMILES string of the molecule is CCNC(=NCc1ccc(C(=O)N(C)C)cc1)N1CCC(C)C(n2ccnc2)C1. The van der Waals surface area contributed by atoms with Crippen LogP contribution in [0.15, 0.2) is 48.0 Å². The van der Waals surface area contributed by atoms with Crippen molar-refractivity contribution in [2.24, 2.45) is 10.9 Å². The standard InChI is InChI=1S/C22H32N6O/c1-5-24-22(25-14-18-6-8-19(9-7-18)21(29)26(3)4)27-12-10-17(2)20(15-27)28-13-11-23-16-28/h6-9,11,13,16-17,20H,5,10,12,14-15H2,1-4H3,(H,24,25). The maximum Gasteiger partial charge on any atom is 0.253 e. The van der Waals surface area contributed by atoms with Gasteiger partial charge in [0.15, 0.2) is 5.96 Å². The molecule has 1 fully saturated rings. The smallest absolute Gasteiger partial charge is 0.253 e. The van der Waals surface area contributed by atoms with Crippen molar-refractivity contribution in [3.05, 3.63) is 54.1 Å². The fraction of sp³-hybridized carbons (Fsp3) is 0.500. The first-order valence-electron chi connectivity index (χ1n) is 10.3. The van der Waals surface area contributed by atoms with Gasteiger partial charge in [0.05, 0.1) is 18.9 Å². The highest BCUT2D eigenvalue weighted by Crippen LogP contribution is 2.27. The predicted octanol–water partition coefficient (Wildman–Crippen LogP) is 2.63. The zero-order valence-electron chi connectivity index (χ0n) is 17.9. The Morgan fingerprint density at radius 1 is 1.31 bits per heavy atom. The lowest BCUT2D eigenvalue weighted by molar-refractivity contribution is 0.0827. The second kappa shape index (κ2) is 9.58. The van der Waals surface area contributed by atoms with E-state index in [1.165, 1.54) is 0 Å². The van der Waals surface area contributed by atoms with Gasteiger partial charge >= 0.3 is 0 Å². The number of nitrogens with zero attached hydrogens (tertiary/aromatic N) is 5. The van der Waals surface area contributed by atoms with Crippen molar-refractivity contribution in [2.75, 3.05) is 33.7 Å². The van der Waals surface area contributed by atoms with Crippen molar-refractivity contribution in [1.82, 2.24) is 24.7 Å². The third-order valence-electron chi connectivity index (χ3n) is 5.48. The van der Waals surface area contributed by atoms with Crippen LogP contribution >= 0.6 is 0 Å². The number of imidazole rings is 1. The molecule has 2 unspecified atom stereocenters. The van der Waals surface area contributed by atoms with Crippen LogP contribution in [0.5, 0.6) is 0 Å². The lowest BCUT2D eigenvalue weighted by atomic mass is 9.93. The molecule has 29 heavy (non-hydrogen) atoms. The van der Waals surface area contributed by atoms with E-state index in [0.717, 1.165) is 37.6 Å². The van der Waals surface area contributed by atoms with Gasteiger partial charge in [-0.25, -0.2) is 9.98 Å². The van der Waals surface area contributed by atoms with Gasteiger partial charge in [-0.05, 0) is 37.0 Å². The van der Waals surface area contributed by atoms with Crippen LogP contribution in [0.3, 0.4) is 0 Å². The molecule has 156 valence electrons. The summed E-state index contributed by atoms with van der Waals surface area (Å²) in [4.78, 5) is 25.1. The average Bonchev–Trinajstić information content (AvgIpc) is 3.26. The summed E-state index contributed by atoms with van der Waals surface area (Å²) in [6, 6.07) is 8.11. The minimum Gasteiger partial charge on any atom is -0.357 e. The average molecular weight is 397 g/mol. The number of guanidine groups is 1. The molecule has 1 aliphatic heterocycles. The second-order valence-corrected chi connectivity index (χ2v) is 7.86. The molecule has 2 heterocycles. The molecular formula is C22H32N6O. The molecule has 1 aromatic heterocycles. The van der Waals surface area contributed by atoms with Crippen LogP contribution in [0.4, 0.5) is 0 Å². The summed E-state index contributed by atoms with van der Waals surface area (Å²) in [7, 11) is 3.53. The molecular weight excluding hydrogens is 364 g/mol. The first kappa shape index (κ1) is 20.9. The van der Waals surface area contributed by atoms with Crippen LogP contribution in [0, 0.1) is 5.92 Å². The fourth-order valence-corrected chi connectivity index (χ4v) is 3.70. The number of hydrogen-bond acceptors (Lipinski definition) is 3. The Morgan fingerprint density at radius 2 is 2.07 bits per heavy atom. The summed E-state index contributed by atoms with van der Waals surface area (Å²) in [5.74, 6) is 1.56. The van der Waals surface area contributed by atoms with Gasteiger partial charge in [-0.1, -0.05) is 19.1 Å². The van der Waals surface area contributed by atoms with E-state index in [-0.39, 0.29) is 5.91 Å². The molecule has 0 saturated carbocycles. The van der Waals surface area contributed by atoms with E-state index in [1.54, 1.807) is 19.0 Å². The Hall–Kier alpha value is -2.83. The number of nitrogens with one attached hydrogen (secondary N) is 1. The zero-order valence-corrected chi connectivity index (χ0v) is 17.9. The topological polar surface area (TPSA) is 65.8 Å². The molecule has 2 aromatic rings. The molecule has 0 aliphatic carbocycles. The Balaban J connectivity index is 1.70. The molecule has 1 N–H and O–H groups in total. The molecule has 1 aromatic carbocycles. The number of aromatic nitrogens is 2. The minimum atomic E-state index is 0.0152. The van der Waals surface area contributed by atoms with Crippen LogP contribution in [-0.2, 0) is 6.54 Å². The van der Waals surface area contributed by atoms with Gasteiger partial charge in [-0.15, -0.1) is 0 Å². The highest BCUT2D eigenvalue weighted by molar-refractivity contribution is 5.93. The van der Waals surface area contributed by atoms with Crippen LogP contribution < -0.4 is 5.32 Å². The molecule has 1 amide bonds. The number of hydrogen-bond donors (Lipinski definition) is 1. The van der Waals surface area contributed by atoms with E-state index in [0.29, 0.717) is 24.1 Å². The van der Waals surface area contributed by atoms with Gasteiger partial charge in [0.25, 0.3) is 5.91 Å². The van der Waals surface area contributed by atoms with Crippen molar-refractivity contribution in [3.63, 3.8) is 0 Å². The Bertz CT molecular complexity index is 812. The van der Waals surface area contributed by atoms with Gasteiger partial charge in [-0.2, -0.15) is 0 Å². The number of carbonyl (C=O) groups is 1. The van der Waals surface area contributed by atoms with Crippen LogP contribution in [0.1, 0.15) is 42.2 Å². The molecule has 3 rings (SSSR count). The van der Waals surface area contributed by atoms with Crippen molar-refractivity contribution in [3.8, 4) is 0 Å². The normalized spacial score (nSPS) is 19.9. The van der Waals surface area contributed by atoms with E-state index in [9.17, 15) is 4.79 Å². The minimum absolute atomic E-state index is 0.0152. The van der Waals surface area contributed by atoms with Gasteiger partial charge in [0, 0.05) is 51.7 Å². The largest absolute Gasteiger partial charge is 0.357 e. The third kappa shape index (κ3) is 5.16. The number of amides is 1. The van der Waals surface area contributed by atoms with Gasteiger partial charge < -0.3 is 19.7 Å². The molecule has 0 spiro atoms. The number of benzene rings is 1. The molecule has 1 aliphatic rings. The van der Waals surface area contributed by atoms with Gasteiger partial charge in [-0.3, -0.25) is 4.79 Å². The summed E-state index contributed by atoms with van der Waals surface area (Å²) < 4.78 is 2.21. The maximum absolute atomic E-state index is 12.0. The second-order valence-electron chi connectivity index (χ2n) is 7.86. The first-order valence-corrected chi connectivity index (χ1v) is 10.3. The quantitative estimate of drug-likeness (QED) is 0.623. The molecule has 0 radical (unpaired) electrons. The van der Waals surface area contributed by atoms with E-state index < -0.39 is 0 Å². The van der Waals surface area contributed by atoms with Gasteiger partial charge in [0.1, 0.15) is 0 Å². The van der Waals surface area contributed by atoms with E-state index >= 15 is 0 Å². The first-order chi connectivity index (χ1) is 14.0. The third-order valence-corrected chi connectivity index (χ3v) is 5.48. The number of likely N-dealkylation sites (tertiary alicyclic amines) is 1. The number of carbonyl (C=O) groups excluding carboxylic acids is 1. The zero-order chi connectivity index (χ0) is 20.8. The molecule has 0 bridgehead atoms. The Labute approximate surface area is 173 Å². The van der Waals surface area contributed by atoms with Crippen molar-refractivity contribution < 1.29 is 4.79 Å². The summed E-state index contributed by atoms with van der Waals surface area (Å²) in [5, 5.41) is 3.44. The lowest BCUT2D eigenvalue weighted by Crippen LogP contribution is -2.49. The van der Waals surface area contributed by atoms with Crippen LogP contribution in [0.2, 0.25) is 0 Å². The number of rotatable bonds is 5. The lowest BCUT2D eigenvalue weighted by Gasteiger charge is -2.39. The Kier molecular flexibility index (Phi) is 6.90. The molecule has 1 saturated heterocycles. The predicted molar refractivity (Wildman–Crippen MR) is 116 cm³/mol. The van der Waals surface area contributed by atoms with Crippen molar-refractivity contribution in [1.29, 1.82) is 0 Å². The molecule has 7 heteroatoms. The summed E-state index contributed by atoms with van der Waals surface area (Å²) >= 11 is 0. The van der Waals surface area contributed by atoms with Crippen LogP contribution in [0.25, 0.3) is 0 Å². The highest BCUT2D eigenvalue weighted by atomic mass is 16.2. The Morgan fingerprint density at radius 3 is 2.69 bits per heavy atom. The van der Waals surface area contributed by atoms with Crippen LogP contribution in [-0.4, -0.2) is 64.9 Å². The number of aliphatic imine (C=N–C) groups is 1. The van der Waals surface area contributed by atoms with E-state index in [2.05, 4.69) is 33.6 Å². The number of piperidine rings is 1. The highest BCUT2D eigenvalue weighted by Gasteiger charge is 2.28. The summed E-state index contributed by atoms with van der Waals surface area (Å²) in [6.45, 7) is 7.73. The van der Waals surface area contributed by atoms with E-state index in [4.69, 9.17) is 4.99 Å². The fourth-order valence-electron chi connectivity index (χ4n) is 3.70. The summed E-state index contributed by atoms with van der Waals surface area (Å²) in [6.07, 6.45) is 6.92. The molecule has 7 nitrogen and oxygen atoms in total. The molecule has 2 atom stereocenters. The van der Waals surface area contributed by atoms with Crippen molar-refractivity contribution in [2.45, 2.75) is 32.9 Å². The summed E-state index contributed by atoms with van der Waals surface area (Å²) in [5.41, 5.74) is 1.79. The monoisotopic (exact) mass is 396 g/mol. The van der Waals surface area contributed by atoms with E-state index in [1.807, 2.05) is 43.0 Å².